The van der Waals surface area contributed by atoms with Crippen molar-refractivity contribution in [2.45, 2.75) is 28.6 Å². The molecule has 0 fully saturated rings. The van der Waals surface area contributed by atoms with E-state index in [4.69, 9.17) is 5.11 Å². The molecule has 2 rings (SSSR count). The standard InChI is InChI=1S/C15H16O3S2/c1-10(17)11-3-5-13(6-4-11)20-14-7-12(8-19-14)15(2,18)9-16/h3-8,16,18H,9H2,1-2H3. The lowest BCUT2D eigenvalue weighted by Gasteiger charge is -2.18. The quantitative estimate of drug-likeness (QED) is 0.832. The van der Waals surface area contributed by atoms with Crippen LogP contribution < -0.4 is 0 Å². The van der Waals surface area contributed by atoms with Crippen molar-refractivity contribution in [3.05, 3.63) is 46.8 Å². The number of ketones is 1. The minimum absolute atomic E-state index is 0.0546. The third-order valence-electron chi connectivity index (χ3n) is 2.98. The summed E-state index contributed by atoms with van der Waals surface area (Å²) in [6.45, 7) is 2.83. The summed E-state index contributed by atoms with van der Waals surface area (Å²) in [5.41, 5.74) is 0.214. The Morgan fingerprint density at radius 3 is 2.55 bits per heavy atom. The Balaban J connectivity index is 2.12. The summed E-state index contributed by atoms with van der Waals surface area (Å²) < 4.78 is 1.03. The van der Waals surface area contributed by atoms with Crippen molar-refractivity contribution in [2.75, 3.05) is 6.61 Å². The Kier molecular flexibility index (Phi) is 4.65. The number of carbonyl (C=O) groups excluding carboxylic acids is 1. The van der Waals surface area contributed by atoms with Crippen LogP contribution in [-0.2, 0) is 5.60 Å². The van der Waals surface area contributed by atoms with Gasteiger partial charge in [-0.2, -0.15) is 0 Å². The van der Waals surface area contributed by atoms with Crippen molar-refractivity contribution >= 4 is 28.9 Å². The molecule has 3 nitrogen and oxygen atoms in total. The van der Waals surface area contributed by atoms with Gasteiger partial charge in [-0.3, -0.25) is 4.79 Å². The highest BCUT2D eigenvalue weighted by atomic mass is 32.2. The third-order valence-corrected chi connectivity index (χ3v) is 5.07. The number of benzene rings is 1. The van der Waals surface area contributed by atoms with Gasteiger partial charge in [0.2, 0.25) is 0 Å². The number of carbonyl (C=O) groups is 1. The second-order valence-electron chi connectivity index (χ2n) is 4.77. The molecule has 1 unspecified atom stereocenters. The summed E-state index contributed by atoms with van der Waals surface area (Å²) in [7, 11) is 0. The lowest BCUT2D eigenvalue weighted by molar-refractivity contribution is -0.00203. The fraction of sp³-hybridized carbons (Fsp3) is 0.267. The van der Waals surface area contributed by atoms with E-state index in [2.05, 4.69) is 0 Å². The second-order valence-corrected chi connectivity index (χ2v) is 7.05. The van der Waals surface area contributed by atoms with Crippen molar-refractivity contribution in [3.63, 3.8) is 0 Å². The normalized spacial score (nSPS) is 14.0. The molecule has 1 aromatic carbocycles. The maximum Gasteiger partial charge on any atom is 0.159 e. The van der Waals surface area contributed by atoms with Crippen molar-refractivity contribution in [3.8, 4) is 0 Å². The van der Waals surface area contributed by atoms with E-state index in [0.717, 1.165) is 9.10 Å². The molecule has 1 heterocycles. The molecule has 0 aliphatic rings. The average Bonchev–Trinajstić information content (AvgIpc) is 2.88. The van der Waals surface area contributed by atoms with E-state index < -0.39 is 5.60 Å². The van der Waals surface area contributed by atoms with Gasteiger partial charge in [0.05, 0.1) is 10.8 Å². The van der Waals surface area contributed by atoms with Crippen LogP contribution in [0.4, 0.5) is 0 Å². The van der Waals surface area contributed by atoms with Crippen LogP contribution in [0, 0.1) is 0 Å². The van der Waals surface area contributed by atoms with Crippen LogP contribution in [0.5, 0.6) is 0 Å². The first-order chi connectivity index (χ1) is 9.42. The molecule has 1 aromatic heterocycles. The molecule has 106 valence electrons. The minimum Gasteiger partial charge on any atom is -0.393 e. The molecular weight excluding hydrogens is 292 g/mol. The molecular formula is C15H16O3S2. The highest BCUT2D eigenvalue weighted by Crippen LogP contribution is 2.36. The van der Waals surface area contributed by atoms with Crippen LogP contribution in [0.15, 0.2) is 44.8 Å². The molecule has 0 aliphatic heterocycles. The number of Topliss-reactive ketones (excluding diaryl/α,β-unsaturated/α-hetero) is 1. The van der Waals surface area contributed by atoms with E-state index in [1.54, 1.807) is 25.6 Å². The number of rotatable bonds is 5. The zero-order chi connectivity index (χ0) is 14.8. The fourth-order valence-corrected chi connectivity index (χ4v) is 3.69. The van der Waals surface area contributed by atoms with Gasteiger partial charge < -0.3 is 10.2 Å². The summed E-state index contributed by atoms with van der Waals surface area (Å²) in [5, 5.41) is 21.0. The average molecular weight is 308 g/mol. The first-order valence-electron chi connectivity index (χ1n) is 6.13. The number of hydrogen-bond acceptors (Lipinski definition) is 5. The molecule has 0 amide bonds. The van der Waals surface area contributed by atoms with Crippen molar-refractivity contribution in [2.24, 2.45) is 0 Å². The summed E-state index contributed by atoms with van der Waals surface area (Å²) in [5.74, 6) is 0.0546. The maximum atomic E-state index is 11.2. The molecule has 5 heteroatoms. The minimum atomic E-state index is -1.20. The van der Waals surface area contributed by atoms with Gasteiger partial charge in [-0.25, -0.2) is 0 Å². The number of aliphatic hydroxyl groups excluding tert-OH is 1. The molecule has 0 saturated carbocycles. The Labute approximate surface area is 126 Å². The van der Waals surface area contributed by atoms with Gasteiger partial charge in [-0.15, -0.1) is 11.3 Å². The molecule has 0 spiro atoms. The molecule has 0 bridgehead atoms. The van der Waals surface area contributed by atoms with Crippen molar-refractivity contribution < 1.29 is 15.0 Å². The van der Waals surface area contributed by atoms with Crippen LogP contribution >= 0.6 is 23.1 Å². The van der Waals surface area contributed by atoms with Crippen molar-refractivity contribution in [1.82, 2.24) is 0 Å². The van der Waals surface area contributed by atoms with Gasteiger partial charge in [0.15, 0.2) is 5.78 Å². The molecule has 2 N–H and O–H groups in total. The first-order valence-corrected chi connectivity index (χ1v) is 7.83. The van der Waals surface area contributed by atoms with E-state index in [-0.39, 0.29) is 12.4 Å². The van der Waals surface area contributed by atoms with Gasteiger partial charge in [-0.1, -0.05) is 23.9 Å². The largest absolute Gasteiger partial charge is 0.393 e. The van der Waals surface area contributed by atoms with E-state index in [9.17, 15) is 9.90 Å². The molecule has 2 aromatic rings. The number of hydrogen-bond donors (Lipinski definition) is 2. The lowest BCUT2D eigenvalue weighted by atomic mass is 10.0. The van der Waals surface area contributed by atoms with E-state index in [1.165, 1.54) is 11.3 Å². The van der Waals surface area contributed by atoms with Crippen molar-refractivity contribution in [1.29, 1.82) is 0 Å². The molecule has 0 saturated heterocycles. The predicted octanol–water partition coefficient (Wildman–Crippen LogP) is 3.30. The summed E-state index contributed by atoms with van der Waals surface area (Å²) in [6.07, 6.45) is 0. The number of thiophene rings is 1. The predicted molar refractivity (Wildman–Crippen MR) is 81.5 cm³/mol. The zero-order valence-electron chi connectivity index (χ0n) is 11.3. The van der Waals surface area contributed by atoms with E-state index >= 15 is 0 Å². The second kappa shape index (κ2) is 6.10. The summed E-state index contributed by atoms with van der Waals surface area (Å²) >= 11 is 3.09. The van der Waals surface area contributed by atoms with Gasteiger partial charge >= 0.3 is 0 Å². The van der Waals surface area contributed by atoms with E-state index in [1.807, 2.05) is 35.7 Å². The molecule has 0 aliphatic carbocycles. The SMILES string of the molecule is CC(=O)c1ccc(Sc2cc(C(C)(O)CO)cs2)cc1. The van der Waals surface area contributed by atoms with Crippen LogP contribution in [-0.4, -0.2) is 22.6 Å². The molecule has 0 radical (unpaired) electrons. The number of aliphatic hydroxyl groups is 2. The summed E-state index contributed by atoms with van der Waals surface area (Å²) in [4.78, 5) is 12.2. The van der Waals surface area contributed by atoms with Crippen LogP contribution in [0.2, 0.25) is 0 Å². The first kappa shape index (κ1) is 15.3. The highest BCUT2D eigenvalue weighted by molar-refractivity contribution is 8.01. The monoisotopic (exact) mass is 308 g/mol. The lowest BCUT2D eigenvalue weighted by Crippen LogP contribution is -2.24. The zero-order valence-corrected chi connectivity index (χ0v) is 12.9. The Hall–Kier alpha value is -1.14. The maximum absolute atomic E-state index is 11.2. The topological polar surface area (TPSA) is 57.5 Å². The van der Waals surface area contributed by atoms with Crippen LogP contribution in [0.25, 0.3) is 0 Å². The smallest absolute Gasteiger partial charge is 0.159 e. The third kappa shape index (κ3) is 3.49. The van der Waals surface area contributed by atoms with Gasteiger partial charge in [-0.05, 0) is 43.0 Å². The highest BCUT2D eigenvalue weighted by Gasteiger charge is 2.23. The van der Waals surface area contributed by atoms with Crippen LogP contribution in [0.1, 0.15) is 29.8 Å². The fourth-order valence-electron chi connectivity index (χ4n) is 1.62. The summed E-state index contributed by atoms with van der Waals surface area (Å²) in [6, 6.07) is 9.31. The van der Waals surface area contributed by atoms with E-state index in [0.29, 0.717) is 11.1 Å². The Morgan fingerprint density at radius 1 is 1.35 bits per heavy atom. The van der Waals surface area contributed by atoms with Gasteiger partial charge in [0.1, 0.15) is 5.60 Å². The molecule has 1 atom stereocenters. The van der Waals surface area contributed by atoms with Gasteiger partial charge in [0.25, 0.3) is 0 Å². The molecule has 20 heavy (non-hydrogen) atoms. The van der Waals surface area contributed by atoms with Crippen LogP contribution in [0.3, 0.4) is 0 Å². The van der Waals surface area contributed by atoms with Gasteiger partial charge in [0, 0.05) is 10.5 Å². The Bertz CT molecular complexity index is 600. The Morgan fingerprint density at radius 2 is 2.00 bits per heavy atom.